The lowest BCUT2D eigenvalue weighted by atomic mass is 10.0. The number of ether oxygens (including phenoxy) is 1. The van der Waals surface area contributed by atoms with Crippen molar-refractivity contribution in [3.8, 4) is 16.9 Å². The Morgan fingerprint density at radius 3 is 2.80 bits per heavy atom. The summed E-state index contributed by atoms with van der Waals surface area (Å²) < 4.78 is 5.32. The molecule has 0 bridgehead atoms. The van der Waals surface area contributed by atoms with Crippen LogP contribution in [0.1, 0.15) is 15.9 Å². The van der Waals surface area contributed by atoms with Gasteiger partial charge in [0.05, 0.1) is 18.2 Å². The van der Waals surface area contributed by atoms with E-state index in [4.69, 9.17) is 9.72 Å². The number of aromatic nitrogens is 2. The number of pyridine rings is 2. The van der Waals surface area contributed by atoms with E-state index in [0.29, 0.717) is 23.5 Å². The maximum atomic E-state index is 12.9. The SMILES string of the molecule is CNCCNc1nc2cc(OC)ccc2c2c1C(=O)c1cnccc1-2. The molecule has 0 saturated heterocycles. The van der Waals surface area contributed by atoms with Crippen molar-refractivity contribution in [2.24, 2.45) is 0 Å². The minimum absolute atomic E-state index is 0.0322. The molecule has 4 rings (SSSR count). The van der Waals surface area contributed by atoms with E-state index in [1.54, 1.807) is 19.5 Å². The second-order valence-corrected chi connectivity index (χ2v) is 5.87. The molecule has 126 valence electrons. The highest BCUT2D eigenvalue weighted by Gasteiger charge is 2.32. The highest BCUT2D eigenvalue weighted by Crippen LogP contribution is 2.43. The van der Waals surface area contributed by atoms with Crippen LogP contribution in [-0.4, -0.2) is 43.0 Å². The molecule has 25 heavy (non-hydrogen) atoms. The number of likely N-dealkylation sites (N-methyl/N-ethyl adjacent to an activating group) is 1. The van der Waals surface area contributed by atoms with E-state index in [2.05, 4.69) is 15.6 Å². The molecule has 0 unspecified atom stereocenters. The molecular weight excluding hydrogens is 316 g/mol. The lowest BCUT2D eigenvalue weighted by Crippen LogP contribution is -2.19. The molecule has 0 saturated carbocycles. The minimum Gasteiger partial charge on any atom is -0.497 e. The Hall–Kier alpha value is -2.99. The summed E-state index contributed by atoms with van der Waals surface area (Å²) in [5.74, 6) is 1.31. The first-order valence-electron chi connectivity index (χ1n) is 8.14. The molecule has 0 radical (unpaired) electrons. The summed E-state index contributed by atoms with van der Waals surface area (Å²) in [4.78, 5) is 21.8. The molecule has 0 aliphatic heterocycles. The number of methoxy groups -OCH3 is 1. The maximum Gasteiger partial charge on any atom is 0.199 e. The van der Waals surface area contributed by atoms with Gasteiger partial charge >= 0.3 is 0 Å². The van der Waals surface area contributed by atoms with Crippen LogP contribution in [0.25, 0.3) is 22.0 Å². The van der Waals surface area contributed by atoms with Crippen LogP contribution in [0.5, 0.6) is 5.75 Å². The number of rotatable bonds is 5. The number of nitrogens with one attached hydrogen (secondary N) is 2. The number of nitrogens with zero attached hydrogens (tertiary/aromatic N) is 2. The minimum atomic E-state index is -0.0322. The average molecular weight is 334 g/mol. The average Bonchev–Trinajstić information content (AvgIpc) is 2.95. The summed E-state index contributed by atoms with van der Waals surface area (Å²) >= 11 is 0. The van der Waals surface area contributed by atoms with Gasteiger partial charge in [-0.1, -0.05) is 0 Å². The lowest BCUT2D eigenvalue weighted by molar-refractivity contribution is 0.104. The van der Waals surface area contributed by atoms with Crippen LogP contribution in [-0.2, 0) is 0 Å². The Kier molecular flexibility index (Phi) is 3.82. The molecule has 2 aromatic heterocycles. The summed E-state index contributed by atoms with van der Waals surface area (Å²) in [5.41, 5.74) is 3.87. The summed E-state index contributed by atoms with van der Waals surface area (Å²) in [5, 5.41) is 7.31. The van der Waals surface area contributed by atoms with Crippen molar-refractivity contribution in [3.63, 3.8) is 0 Å². The second kappa shape index (κ2) is 6.14. The van der Waals surface area contributed by atoms with Gasteiger partial charge in [-0.2, -0.15) is 0 Å². The number of fused-ring (bicyclic) bond motifs is 5. The molecule has 3 aromatic rings. The molecule has 1 aliphatic rings. The first kappa shape index (κ1) is 15.5. The van der Waals surface area contributed by atoms with E-state index < -0.39 is 0 Å². The molecule has 6 nitrogen and oxygen atoms in total. The first-order valence-corrected chi connectivity index (χ1v) is 8.14. The van der Waals surface area contributed by atoms with E-state index in [0.717, 1.165) is 34.3 Å². The van der Waals surface area contributed by atoms with Crippen LogP contribution in [0.2, 0.25) is 0 Å². The van der Waals surface area contributed by atoms with Gasteiger partial charge < -0.3 is 15.4 Å². The molecule has 2 N–H and O–H groups in total. The number of carbonyl (C=O) groups is 1. The fourth-order valence-corrected chi connectivity index (χ4v) is 3.23. The van der Waals surface area contributed by atoms with Gasteiger partial charge in [0, 0.05) is 48.1 Å². The van der Waals surface area contributed by atoms with Crippen LogP contribution < -0.4 is 15.4 Å². The van der Waals surface area contributed by atoms with E-state index in [-0.39, 0.29) is 5.78 Å². The second-order valence-electron chi connectivity index (χ2n) is 5.87. The lowest BCUT2D eigenvalue weighted by Gasteiger charge is -2.13. The third-order valence-electron chi connectivity index (χ3n) is 4.42. The van der Waals surface area contributed by atoms with Gasteiger partial charge in [0.1, 0.15) is 11.6 Å². The zero-order chi connectivity index (χ0) is 17.4. The summed E-state index contributed by atoms with van der Waals surface area (Å²) in [7, 11) is 3.52. The molecule has 1 aliphatic carbocycles. The van der Waals surface area contributed by atoms with Gasteiger partial charge in [-0.05, 0) is 30.8 Å². The topological polar surface area (TPSA) is 76.1 Å². The Bertz CT molecular complexity index is 985. The number of ketones is 1. The number of carbonyl (C=O) groups excluding carboxylic acids is 1. The molecule has 0 fully saturated rings. The van der Waals surface area contributed by atoms with Crippen LogP contribution in [0.3, 0.4) is 0 Å². The number of hydrogen-bond acceptors (Lipinski definition) is 6. The predicted molar refractivity (Wildman–Crippen MR) is 97.4 cm³/mol. The Morgan fingerprint density at radius 1 is 1.12 bits per heavy atom. The first-order chi connectivity index (χ1) is 12.2. The molecule has 1 aromatic carbocycles. The zero-order valence-corrected chi connectivity index (χ0v) is 14.1. The fourth-order valence-electron chi connectivity index (χ4n) is 3.23. The number of benzene rings is 1. The van der Waals surface area contributed by atoms with Crippen molar-refractivity contribution in [1.29, 1.82) is 0 Å². The summed E-state index contributed by atoms with van der Waals surface area (Å²) in [6.07, 6.45) is 3.34. The Morgan fingerprint density at radius 2 is 2.00 bits per heavy atom. The van der Waals surface area contributed by atoms with Crippen molar-refractivity contribution in [1.82, 2.24) is 15.3 Å². The van der Waals surface area contributed by atoms with E-state index in [1.165, 1.54) is 0 Å². The Labute approximate surface area is 145 Å². The van der Waals surface area contributed by atoms with E-state index >= 15 is 0 Å². The largest absolute Gasteiger partial charge is 0.497 e. The van der Waals surface area contributed by atoms with Gasteiger partial charge in [-0.15, -0.1) is 0 Å². The predicted octanol–water partition coefficient (Wildman–Crippen LogP) is 2.48. The summed E-state index contributed by atoms with van der Waals surface area (Å²) in [6.45, 7) is 1.45. The fraction of sp³-hybridized carbons (Fsp3) is 0.211. The van der Waals surface area contributed by atoms with Crippen LogP contribution >= 0.6 is 0 Å². The van der Waals surface area contributed by atoms with Gasteiger partial charge in [-0.3, -0.25) is 9.78 Å². The van der Waals surface area contributed by atoms with Crippen molar-refractivity contribution in [2.75, 3.05) is 32.6 Å². The zero-order valence-electron chi connectivity index (χ0n) is 14.1. The molecule has 2 heterocycles. The molecule has 0 amide bonds. The quantitative estimate of drug-likeness (QED) is 0.546. The molecular formula is C19H18N4O2. The third kappa shape index (κ3) is 2.42. The highest BCUT2D eigenvalue weighted by molar-refractivity contribution is 6.27. The molecule has 6 heteroatoms. The van der Waals surface area contributed by atoms with Crippen molar-refractivity contribution >= 4 is 22.5 Å². The van der Waals surface area contributed by atoms with Gasteiger partial charge in [0.25, 0.3) is 0 Å². The van der Waals surface area contributed by atoms with Crippen molar-refractivity contribution < 1.29 is 9.53 Å². The number of hydrogen-bond donors (Lipinski definition) is 2. The van der Waals surface area contributed by atoms with Crippen LogP contribution in [0, 0.1) is 0 Å². The molecule has 0 atom stereocenters. The van der Waals surface area contributed by atoms with Gasteiger partial charge in [-0.25, -0.2) is 4.98 Å². The van der Waals surface area contributed by atoms with Crippen LogP contribution in [0.4, 0.5) is 5.82 Å². The van der Waals surface area contributed by atoms with Gasteiger partial charge in [0.2, 0.25) is 0 Å². The highest BCUT2D eigenvalue weighted by atomic mass is 16.5. The van der Waals surface area contributed by atoms with Crippen molar-refractivity contribution in [3.05, 3.63) is 47.8 Å². The maximum absolute atomic E-state index is 12.9. The van der Waals surface area contributed by atoms with Crippen molar-refractivity contribution in [2.45, 2.75) is 0 Å². The normalized spacial score (nSPS) is 12.2. The van der Waals surface area contributed by atoms with Crippen LogP contribution in [0.15, 0.2) is 36.7 Å². The smallest absolute Gasteiger partial charge is 0.199 e. The van der Waals surface area contributed by atoms with E-state index in [1.807, 2.05) is 31.3 Å². The molecule has 0 spiro atoms. The van der Waals surface area contributed by atoms with Gasteiger partial charge in [0.15, 0.2) is 5.78 Å². The monoisotopic (exact) mass is 334 g/mol. The third-order valence-corrected chi connectivity index (χ3v) is 4.42. The number of anilines is 1. The summed E-state index contributed by atoms with van der Waals surface area (Å²) in [6, 6.07) is 7.63. The Balaban J connectivity index is 1.99. The standard InChI is InChI=1S/C19H18N4O2/c1-20-7-8-22-19-17-16(12-5-6-21-10-14(12)18(17)24)13-4-3-11(25-2)9-15(13)23-19/h3-6,9-10,20H,7-8H2,1-2H3,(H,22,23). The van der Waals surface area contributed by atoms with E-state index in [9.17, 15) is 4.79 Å².